The molecule has 2 aliphatic rings. The fraction of sp³-hybridized carbons (Fsp3) is 0.571. The first-order valence-corrected chi connectivity index (χ1v) is 11.7. The number of sulfonamides is 1. The van der Waals surface area contributed by atoms with Crippen LogP contribution >= 0.6 is 0 Å². The van der Waals surface area contributed by atoms with Gasteiger partial charge in [-0.25, -0.2) is 8.42 Å². The van der Waals surface area contributed by atoms with Crippen LogP contribution in [0.3, 0.4) is 0 Å². The molecule has 0 bridgehead atoms. The van der Waals surface area contributed by atoms with Crippen LogP contribution in [0.2, 0.25) is 0 Å². The molecule has 2 fully saturated rings. The lowest BCUT2D eigenvalue weighted by Gasteiger charge is -2.33. The summed E-state index contributed by atoms with van der Waals surface area (Å²) in [5.74, 6) is 0.571. The van der Waals surface area contributed by atoms with E-state index in [1.165, 1.54) is 0 Å². The number of H-pyrrole nitrogens is 1. The first-order valence-electron chi connectivity index (χ1n) is 10.3. The number of carbonyl (C=O) groups is 1. The van der Waals surface area contributed by atoms with Gasteiger partial charge in [-0.3, -0.25) is 4.79 Å². The number of aromatic amines is 1. The van der Waals surface area contributed by atoms with Gasteiger partial charge in [-0.2, -0.15) is 4.31 Å². The van der Waals surface area contributed by atoms with Crippen LogP contribution in [0.25, 0.3) is 10.9 Å². The molecule has 1 aromatic heterocycles. The summed E-state index contributed by atoms with van der Waals surface area (Å²) in [6.07, 6.45) is 5.03. The Morgan fingerprint density at radius 3 is 2.50 bits per heavy atom. The summed E-state index contributed by atoms with van der Waals surface area (Å²) in [6.45, 7) is 6.18. The van der Waals surface area contributed by atoms with Crippen LogP contribution in [0.4, 0.5) is 0 Å². The van der Waals surface area contributed by atoms with E-state index in [9.17, 15) is 13.2 Å². The molecule has 0 radical (unpaired) electrons. The number of fused-ring (bicyclic) bond motifs is 1. The van der Waals surface area contributed by atoms with Crippen molar-refractivity contribution in [3.63, 3.8) is 0 Å². The molecule has 28 heavy (non-hydrogen) atoms. The Balaban J connectivity index is 1.60. The van der Waals surface area contributed by atoms with Crippen molar-refractivity contribution >= 4 is 26.8 Å². The molecule has 0 spiro atoms. The lowest BCUT2D eigenvalue weighted by atomic mass is 10.0. The minimum Gasteiger partial charge on any atom is -0.351 e. The predicted molar refractivity (Wildman–Crippen MR) is 110 cm³/mol. The summed E-state index contributed by atoms with van der Waals surface area (Å²) >= 11 is 0. The Labute approximate surface area is 166 Å². The van der Waals surface area contributed by atoms with Gasteiger partial charge < -0.3 is 9.88 Å². The van der Waals surface area contributed by atoms with Crippen LogP contribution in [-0.4, -0.2) is 54.2 Å². The topological polar surface area (TPSA) is 73.5 Å². The first-order chi connectivity index (χ1) is 13.4. The summed E-state index contributed by atoms with van der Waals surface area (Å²) in [5, 5.41) is 0.763. The highest BCUT2D eigenvalue weighted by Gasteiger charge is 2.29. The fourth-order valence-corrected chi connectivity index (χ4v) is 5.82. The minimum atomic E-state index is -3.49. The van der Waals surface area contributed by atoms with Crippen molar-refractivity contribution < 1.29 is 13.2 Å². The van der Waals surface area contributed by atoms with E-state index in [1.54, 1.807) is 28.6 Å². The Bertz CT molecular complexity index is 974. The van der Waals surface area contributed by atoms with Gasteiger partial charge in [-0.05, 0) is 69.2 Å². The number of hydrogen-bond acceptors (Lipinski definition) is 3. The standard InChI is InChI=1S/C21H29N3O3S/c1-15-8-11-23(12-9-15)28(26,27)18-6-7-19-17(13-18)14-20(22-19)21(25)24-10-4-3-5-16(24)2/h6-7,13-16,22H,3-5,8-12H2,1-2H3. The number of rotatable bonds is 3. The SMILES string of the molecule is CC1CCN(S(=O)(=O)c2ccc3[nH]c(C(=O)N4CCCCC4C)cc3c2)CC1. The fourth-order valence-electron chi connectivity index (χ4n) is 4.32. The number of nitrogens with one attached hydrogen (secondary N) is 1. The van der Waals surface area contributed by atoms with Gasteiger partial charge in [0, 0.05) is 36.6 Å². The molecule has 1 unspecified atom stereocenters. The maximum atomic E-state index is 13.0. The number of hydrogen-bond donors (Lipinski definition) is 1. The molecule has 152 valence electrons. The summed E-state index contributed by atoms with van der Waals surface area (Å²) < 4.78 is 27.6. The molecule has 3 heterocycles. The van der Waals surface area contributed by atoms with E-state index in [0.717, 1.165) is 49.6 Å². The number of nitrogens with zero attached hydrogens (tertiary/aromatic N) is 2. The lowest BCUT2D eigenvalue weighted by Crippen LogP contribution is -2.42. The molecule has 7 heteroatoms. The van der Waals surface area contributed by atoms with E-state index < -0.39 is 10.0 Å². The quantitative estimate of drug-likeness (QED) is 0.851. The van der Waals surface area contributed by atoms with Crippen LogP contribution < -0.4 is 0 Å². The number of amides is 1. The van der Waals surface area contributed by atoms with Gasteiger partial charge in [0.1, 0.15) is 5.69 Å². The van der Waals surface area contributed by atoms with Gasteiger partial charge in [0.2, 0.25) is 10.0 Å². The number of carbonyl (C=O) groups excluding carboxylic acids is 1. The summed E-state index contributed by atoms with van der Waals surface area (Å²) in [4.78, 5) is 18.3. The van der Waals surface area contributed by atoms with Gasteiger partial charge >= 0.3 is 0 Å². The third-order valence-electron chi connectivity index (χ3n) is 6.27. The molecule has 1 aromatic carbocycles. The van der Waals surface area contributed by atoms with Crippen LogP contribution in [0.1, 0.15) is 56.4 Å². The van der Waals surface area contributed by atoms with Gasteiger partial charge in [0.05, 0.1) is 4.90 Å². The van der Waals surface area contributed by atoms with Gasteiger partial charge in [0.15, 0.2) is 0 Å². The van der Waals surface area contributed by atoms with E-state index in [-0.39, 0.29) is 11.9 Å². The zero-order valence-electron chi connectivity index (χ0n) is 16.6. The Kier molecular flexibility index (Phi) is 5.22. The van der Waals surface area contributed by atoms with E-state index >= 15 is 0 Å². The molecule has 0 aliphatic carbocycles. The average Bonchev–Trinajstić information content (AvgIpc) is 3.11. The molecular formula is C21H29N3O3S. The van der Waals surface area contributed by atoms with Crippen LogP contribution in [0.5, 0.6) is 0 Å². The van der Waals surface area contributed by atoms with Crippen LogP contribution in [0.15, 0.2) is 29.2 Å². The Hall–Kier alpha value is -1.86. The summed E-state index contributed by atoms with van der Waals surface area (Å²) in [6, 6.07) is 7.13. The third kappa shape index (κ3) is 3.57. The number of benzene rings is 1. The van der Waals surface area contributed by atoms with E-state index in [1.807, 2.05) is 4.90 Å². The Morgan fingerprint density at radius 1 is 1.04 bits per heavy atom. The van der Waals surface area contributed by atoms with Crippen molar-refractivity contribution in [2.75, 3.05) is 19.6 Å². The second kappa shape index (κ2) is 7.52. The van der Waals surface area contributed by atoms with Gasteiger partial charge in [0.25, 0.3) is 5.91 Å². The molecule has 2 aromatic rings. The van der Waals surface area contributed by atoms with E-state index in [4.69, 9.17) is 0 Å². The summed E-state index contributed by atoms with van der Waals surface area (Å²) in [7, 11) is -3.49. The smallest absolute Gasteiger partial charge is 0.270 e. The monoisotopic (exact) mass is 403 g/mol. The zero-order valence-corrected chi connectivity index (χ0v) is 17.5. The minimum absolute atomic E-state index is 0.00201. The lowest BCUT2D eigenvalue weighted by molar-refractivity contribution is 0.0630. The van der Waals surface area contributed by atoms with Crippen molar-refractivity contribution in [2.24, 2.45) is 5.92 Å². The highest BCUT2D eigenvalue weighted by Crippen LogP contribution is 2.27. The maximum Gasteiger partial charge on any atom is 0.270 e. The maximum absolute atomic E-state index is 13.0. The van der Waals surface area contributed by atoms with Crippen LogP contribution in [-0.2, 0) is 10.0 Å². The molecule has 4 rings (SSSR count). The normalized spacial score (nSPS) is 22.6. The van der Waals surface area contributed by atoms with E-state index in [2.05, 4.69) is 18.8 Å². The predicted octanol–water partition coefficient (Wildman–Crippen LogP) is 3.60. The summed E-state index contributed by atoms with van der Waals surface area (Å²) in [5.41, 5.74) is 1.32. The highest BCUT2D eigenvalue weighted by atomic mass is 32.2. The van der Waals surface area contributed by atoms with Crippen molar-refractivity contribution in [1.82, 2.24) is 14.2 Å². The highest BCUT2D eigenvalue weighted by molar-refractivity contribution is 7.89. The molecule has 1 N–H and O–H groups in total. The first kappa shape index (κ1) is 19.5. The Morgan fingerprint density at radius 2 is 1.79 bits per heavy atom. The second-order valence-corrected chi connectivity index (χ2v) is 10.3. The third-order valence-corrected chi connectivity index (χ3v) is 8.16. The van der Waals surface area contributed by atoms with Crippen molar-refractivity contribution in [3.05, 3.63) is 30.0 Å². The number of aromatic nitrogens is 1. The van der Waals surface area contributed by atoms with Crippen molar-refractivity contribution in [1.29, 1.82) is 0 Å². The van der Waals surface area contributed by atoms with Crippen molar-refractivity contribution in [2.45, 2.75) is 56.9 Å². The van der Waals surface area contributed by atoms with Gasteiger partial charge in [-0.15, -0.1) is 0 Å². The molecule has 2 aliphatic heterocycles. The molecule has 6 nitrogen and oxygen atoms in total. The second-order valence-electron chi connectivity index (χ2n) is 8.36. The molecular weight excluding hydrogens is 374 g/mol. The average molecular weight is 404 g/mol. The number of piperidine rings is 2. The van der Waals surface area contributed by atoms with Gasteiger partial charge in [-0.1, -0.05) is 6.92 Å². The zero-order chi connectivity index (χ0) is 19.9. The molecule has 0 saturated carbocycles. The molecule has 1 atom stereocenters. The van der Waals surface area contributed by atoms with Crippen LogP contribution in [0, 0.1) is 5.92 Å². The largest absolute Gasteiger partial charge is 0.351 e. The van der Waals surface area contributed by atoms with E-state index in [0.29, 0.717) is 29.6 Å². The molecule has 1 amide bonds. The number of likely N-dealkylation sites (tertiary alicyclic amines) is 1. The molecule has 2 saturated heterocycles. The van der Waals surface area contributed by atoms with Crippen molar-refractivity contribution in [3.8, 4) is 0 Å².